The maximum absolute atomic E-state index is 13.3. The minimum atomic E-state index is -5.00. The highest BCUT2D eigenvalue weighted by Gasteiger charge is 2.35. The summed E-state index contributed by atoms with van der Waals surface area (Å²) in [7, 11) is -4.25. The quantitative estimate of drug-likeness (QED) is 0.535. The van der Waals surface area contributed by atoms with Crippen LogP contribution < -0.4 is 10.0 Å². The number of rotatable bonds is 7. The second kappa shape index (κ2) is 9.01. The first kappa shape index (κ1) is 21.6. The van der Waals surface area contributed by atoms with E-state index in [2.05, 4.69) is 10.0 Å². The summed E-state index contributed by atoms with van der Waals surface area (Å²) >= 11 is 0. The van der Waals surface area contributed by atoms with Crippen LogP contribution in [0.4, 0.5) is 17.6 Å². The Kier molecular flexibility index (Phi) is 7.21. The minimum Gasteiger partial charge on any atom is -0.355 e. The monoisotopic (exact) mass is 410 g/mol. The van der Waals surface area contributed by atoms with Crippen LogP contribution in [-0.4, -0.2) is 27.4 Å². The molecule has 0 heterocycles. The number of halogens is 4. The molecule has 10 heteroatoms. The molecule has 1 fully saturated rings. The molecule has 1 aliphatic carbocycles. The van der Waals surface area contributed by atoms with Gasteiger partial charge >= 0.3 is 6.18 Å². The second-order valence-electron chi connectivity index (χ2n) is 6.60. The molecule has 0 spiro atoms. The molecule has 0 aromatic heterocycles. The zero-order valence-electron chi connectivity index (χ0n) is 14.6. The Balaban J connectivity index is 1.85. The Hall–Kier alpha value is -1.68. The van der Waals surface area contributed by atoms with Gasteiger partial charge in [-0.3, -0.25) is 4.79 Å². The predicted molar refractivity (Wildman–Crippen MR) is 90.8 cm³/mol. The van der Waals surface area contributed by atoms with Crippen LogP contribution in [0.1, 0.15) is 44.1 Å². The van der Waals surface area contributed by atoms with Gasteiger partial charge in [0.15, 0.2) is 0 Å². The molecule has 1 aromatic carbocycles. The largest absolute Gasteiger partial charge is 0.419 e. The molecular weight excluding hydrogens is 388 g/mol. The molecule has 1 aromatic rings. The molecule has 1 amide bonds. The van der Waals surface area contributed by atoms with Crippen molar-refractivity contribution in [2.75, 3.05) is 13.1 Å². The number of sulfonamides is 1. The maximum atomic E-state index is 13.3. The van der Waals surface area contributed by atoms with Gasteiger partial charge in [0.1, 0.15) is 5.82 Å². The third-order valence-corrected chi connectivity index (χ3v) is 5.95. The lowest BCUT2D eigenvalue weighted by molar-refractivity contribution is -0.140. The summed E-state index contributed by atoms with van der Waals surface area (Å²) in [6.45, 7) is -0.171. The van der Waals surface area contributed by atoms with Gasteiger partial charge < -0.3 is 5.32 Å². The van der Waals surface area contributed by atoms with Crippen molar-refractivity contribution in [3.05, 3.63) is 29.6 Å². The first-order chi connectivity index (χ1) is 12.6. The van der Waals surface area contributed by atoms with E-state index in [1.54, 1.807) is 0 Å². The van der Waals surface area contributed by atoms with Gasteiger partial charge in [-0.15, -0.1) is 0 Å². The molecule has 27 heavy (non-hydrogen) atoms. The van der Waals surface area contributed by atoms with Crippen LogP contribution in [0, 0.1) is 11.7 Å². The van der Waals surface area contributed by atoms with Crippen LogP contribution in [0.5, 0.6) is 0 Å². The Morgan fingerprint density at radius 2 is 1.78 bits per heavy atom. The van der Waals surface area contributed by atoms with Crippen LogP contribution in [0.25, 0.3) is 0 Å². The van der Waals surface area contributed by atoms with E-state index in [0.717, 1.165) is 31.7 Å². The van der Waals surface area contributed by atoms with Crippen molar-refractivity contribution in [3.8, 4) is 0 Å². The summed E-state index contributed by atoms with van der Waals surface area (Å²) in [4.78, 5) is 11.2. The van der Waals surface area contributed by atoms with Crippen molar-refractivity contribution < 1.29 is 30.8 Å². The Morgan fingerprint density at radius 1 is 1.11 bits per heavy atom. The highest BCUT2D eigenvalue weighted by molar-refractivity contribution is 7.89. The topological polar surface area (TPSA) is 75.3 Å². The standard InChI is InChI=1S/C17H22F4N2O3S/c18-15-7-6-13(11-14(15)17(19,20)21)27(25,26)23-9-8-22-16(24)10-12-4-2-1-3-5-12/h6-7,11-12,23H,1-5,8-10H2,(H,22,24). The van der Waals surface area contributed by atoms with Gasteiger partial charge in [0.2, 0.25) is 15.9 Å². The van der Waals surface area contributed by atoms with E-state index in [9.17, 15) is 30.8 Å². The van der Waals surface area contributed by atoms with Gasteiger partial charge in [-0.05, 0) is 37.0 Å². The Bertz CT molecular complexity index is 760. The fourth-order valence-corrected chi connectivity index (χ4v) is 4.14. The van der Waals surface area contributed by atoms with E-state index in [4.69, 9.17) is 0 Å². The number of carbonyl (C=O) groups is 1. The van der Waals surface area contributed by atoms with Crippen LogP contribution in [-0.2, 0) is 21.0 Å². The second-order valence-corrected chi connectivity index (χ2v) is 8.36. The number of carbonyl (C=O) groups excluding carboxylic acids is 1. The van der Waals surface area contributed by atoms with Crippen LogP contribution in [0.3, 0.4) is 0 Å². The molecule has 152 valence electrons. The predicted octanol–water partition coefficient (Wildman–Crippen LogP) is 3.21. The fourth-order valence-electron chi connectivity index (χ4n) is 3.09. The molecule has 0 unspecified atom stereocenters. The van der Waals surface area contributed by atoms with Crippen LogP contribution >= 0.6 is 0 Å². The first-order valence-electron chi connectivity index (χ1n) is 8.73. The third kappa shape index (κ3) is 6.46. The SMILES string of the molecule is O=C(CC1CCCCC1)NCCNS(=O)(=O)c1ccc(F)c(C(F)(F)F)c1. The first-order valence-corrected chi connectivity index (χ1v) is 10.2. The van der Waals surface area contributed by atoms with Gasteiger partial charge in [-0.2, -0.15) is 13.2 Å². The summed E-state index contributed by atoms with van der Waals surface area (Å²) in [5.41, 5.74) is -1.65. The molecule has 0 atom stereocenters. The van der Waals surface area contributed by atoms with E-state index in [-0.39, 0.29) is 25.1 Å². The molecule has 0 bridgehead atoms. The maximum Gasteiger partial charge on any atom is 0.419 e. The van der Waals surface area contributed by atoms with Gasteiger partial charge in [0.05, 0.1) is 10.5 Å². The third-order valence-electron chi connectivity index (χ3n) is 4.49. The smallest absolute Gasteiger partial charge is 0.355 e. The summed E-state index contributed by atoms with van der Waals surface area (Å²) in [6, 6.07) is 1.47. The zero-order valence-corrected chi connectivity index (χ0v) is 15.4. The van der Waals surface area contributed by atoms with E-state index < -0.39 is 32.5 Å². The van der Waals surface area contributed by atoms with E-state index in [1.165, 1.54) is 6.42 Å². The van der Waals surface area contributed by atoms with E-state index in [1.807, 2.05) is 0 Å². The number of hydrogen-bond donors (Lipinski definition) is 2. The van der Waals surface area contributed by atoms with Crippen LogP contribution in [0.15, 0.2) is 23.1 Å². The van der Waals surface area contributed by atoms with E-state index in [0.29, 0.717) is 18.4 Å². The highest BCUT2D eigenvalue weighted by atomic mass is 32.2. The zero-order chi connectivity index (χ0) is 20.1. The van der Waals surface area contributed by atoms with Gasteiger partial charge in [-0.25, -0.2) is 17.5 Å². The molecule has 0 saturated heterocycles. The summed E-state index contributed by atoms with van der Waals surface area (Å²) in [5, 5.41) is 2.59. The van der Waals surface area contributed by atoms with Crippen LogP contribution in [0.2, 0.25) is 0 Å². The van der Waals surface area contributed by atoms with E-state index >= 15 is 0 Å². The Labute approximate surface area is 155 Å². The number of amides is 1. The fraction of sp³-hybridized carbons (Fsp3) is 0.588. The lowest BCUT2D eigenvalue weighted by atomic mass is 9.87. The number of hydrogen-bond acceptors (Lipinski definition) is 3. The highest BCUT2D eigenvalue weighted by Crippen LogP contribution is 2.32. The summed E-state index contributed by atoms with van der Waals surface area (Å²) < 4.78 is 77.6. The molecule has 2 N–H and O–H groups in total. The molecular formula is C17H22F4N2O3S. The normalized spacial score (nSPS) is 16.3. The number of alkyl halides is 3. The van der Waals surface area contributed by atoms with Crippen molar-refractivity contribution in [1.82, 2.24) is 10.0 Å². The molecule has 2 rings (SSSR count). The van der Waals surface area contributed by atoms with Crippen molar-refractivity contribution in [1.29, 1.82) is 0 Å². The lowest BCUT2D eigenvalue weighted by Crippen LogP contribution is -2.35. The Morgan fingerprint density at radius 3 is 2.41 bits per heavy atom. The average molecular weight is 410 g/mol. The van der Waals surface area contributed by atoms with Crippen molar-refractivity contribution in [3.63, 3.8) is 0 Å². The van der Waals surface area contributed by atoms with Crippen molar-refractivity contribution in [2.45, 2.75) is 49.6 Å². The molecule has 1 aliphatic rings. The van der Waals surface area contributed by atoms with Gasteiger partial charge in [0.25, 0.3) is 0 Å². The lowest BCUT2D eigenvalue weighted by Gasteiger charge is -2.20. The minimum absolute atomic E-state index is 0.0120. The summed E-state index contributed by atoms with van der Waals surface area (Å²) in [5.74, 6) is -1.38. The number of nitrogens with one attached hydrogen (secondary N) is 2. The number of benzene rings is 1. The van der Waals surface area contributed by atoms with Crippen molar-refractivity contribution in [2.24, 2.45) is 5.92 Å². The molecule has 5 nitrogen and oxygen atoms in total. The van der Waals surface area contributed by atoms with Gasteiger partial charge in [-0.1, -0.05) is 19.3 Å². The summed E-state index contributed by atoms with van der Waals surface area (Å²) in [6.07, 6.45) is 0.796. The molecule has 0 radical (unpaired) electrons. The van der Waals surface area contributed by atoms with Crippen molar-refractivity contribution >= 4 is 15.9 Å². The van der Waals surface area contributed by atoms with Gasteiger partial charge in [0, 0.05) is 19.5 Å². The molecule has 1 saturated carbocycles. The molecule has 0 aliphatic heterocycles. The average Bonchev–Trinajstić information content (AvgIpc) is 2.59.